The van der Waals surface area contributed by atoms with Crippen LogP contribution in [0.25, 0.3) is 0 Å². The zero-order valence-electron chi connectivity index (χ0n) is 8.72. The number of aromatic nitrogens is 2. The number of carbonyl (C=O) groups excluding carboxylic acids is 1. The molecule has 0 aromatic carbocycles. The van der Waals surface area contributed by atoms with Crippen LogP contribution < -0.4 is 5.32 Å². The smallest absolute Gasteiger partial charge is 0.354 e. The average molecular weight is 223 g/mol. The highest BCUT2D eigenvalue weighted by Gasteiger charge is 2.23. The fourth-order valence-electron chi connectivity index (χ4n) is 1.43. The fourth-order valence-corrected chi connectivity index (χ4v) is 1.43. The van der Waals surface area contributed by atoms with E-state index in [4.69, 9.17) is 5.11 Å². The third-order valence-corrected chi connectivity index (χ3v) is 2.43. The molecule has 1 fully saturated rings. The van der Waals surface area contributed by atoms with Gasteiger partial charge >= 0.3 is 5.97 Å². The molecule has 1 saturated carbocycles. The third kappa shape index (κ3) is 2.59. The maximum atomic E-state index is 11.4. The Hall–Kier alpha value is -1.85. The van der Waals surface area contributed by atoms with Crippen molar-refractivity contribution >= 4 is 11.9 Å². The van der Waals surface area contributed by atoms with Gasteiger partial charge < -0.3 is 10.4 Å². The normalized spacial score (nSPS) is 14.8. The van der Waals surface area contributed by atoms with Gasteiger partial charge in [0.1, 0.15) is 5.69 Å². The summed E-state index contributed by atoms with van der Waals surface area (Å²) in [5.41, 5.74) is 0.110. The van der Waals surface area contributed by atoms with Gasteiger partial charge in [0.25, 0.3) is 0 Å². The number of hydrogen-bond donors (Lipinski definition) is 2. The lowest BCUT2D eigenvalue weighted by Gasteiger charge is -2.05. The molecule has 0 aliphatic heterocycles. The predicted octanol–water partition coefficient (Wildman–Crippen LogP) is 0.250. The third-order valence-electron chi connectivity index (χ3n) is 2.43. The lowest BCUT2D eigenvalue weighted by atomic mass is 10.3. The van der Waals surface area contributed by atoms with Crippen molar-refractivity contribution in [1.82, 2.24) is 15.1 Å². The Bertz CT molecular complexity index is 409. The zero-order valence-corrected chi connectivity index (χ0v) is 8.72. The van der Waals surface area contributed by atoms with Gasteiger partial charge in [0.2, 0.25) is 5.91 Å². The number of amides is 1. The molecule has 0 spiro atoms. The van der Waals surface area contributed by atoms with Crippen LogP contribution in [0.2, 0.25) is 0 Å². The number of nitrogens with zero attached hydrogens (tertiary/aromatic N) is 2. The van der Waals surface area contributed by atoms with Gasteiger partial charge in [0, 0.05) is 18.7 Å². The van der Waals surface area contributed by atoms with Crippen molar-refractivity contribution in [3.8, 4) is 0 Å². The van der Waals surface area contributed by atoms with Crippen molar-refractivity contribution in [2.24, 2.45) is 0 Å². The number of carbonyl (C=O) groups is 2. The van der Waals surface area contributed by atoms with Crippen molar-refractivity contribution in [3.63, 3.8) is 0 Å². The first-order valence-electron chi connectivity index (χ1n) is 5.21. The van der Waals surface area contributed by atoms with Crippen molar-refractivity contribution < 1.29 is 14.7 Å². The van der Waals surface area contributed by atoms with Gasteiger partial charge in [0.05, 0.1) is 6.54 Å². The topological polar surface area (TPSA) is 84.2 Å². The molecule has 0 atom stereocenters. The molecule has 1 aromatic rings. The molecular formula is C10H13N3O3. The van der Waals surface area contributed by atoms with Crippen LogP contribution in [0.15, 0.2) is 12.3 Å². The Morgan fingerprint density at radius 3 is 2.94 bits per heavy atom. The van der Waals surface area contributed by atoms with Crippen LogP contribution in [-0.4, -0.2) is 32.8 Å². The van der Waals surface area contributed by atoms with E-state index < -0.39 is 5.97 Å². The number of rotatable bonds is 5. The first-order chi connectivity index (χ1) is 7.66. The summed E-state index contributed by atoms with van der Waals surface area (Å²) >= 11 is 0. The molecule has 1 aliphatic carbocycles. The van der Waals surface area contributed by atoms with E-state index in [1.165, 1.54) is 16.9 Å². The van der Waals surface area contributed by atoms with Gasteiger partial charge in [0.15, 0.2) is 0 Å². The maximum Gasteiger partial charge on any atom is 0.354 e. The molecule has 86 valence electrons. The van der Waals surface area contributed by atoms with Gasteiger partial charge in [-0.1, -0.05) is 0 Å². The molecule has 0 unspecified atom stereocenters. The van der Waals surface area contributed by atoms with E-state index in [2.05, 4.69) is 10.4 Å². The lowest BCUT2D eigenvalue weighted by Crippen LogP contribution is -2.26. The summed E-state index contributed by atoms with van der Waals surface area (Å²) in [6.45, 7) is 0.299. The lowest BCUT2D eigenvalue weighted by molar-refractivity contribution is -0.121. The van der Waals surface area contributed by atoms with Gasteiger partial charge in [-0.2, -0.15) is 5.10 Å². The number of carboxylic acids is 1. The number of carboxylic acid groups (broad SMARTS) is 1. The molecular weight excluding hydrogens is 210 g/mol. The predicted molar refractivity (Wildman–Crippen MR) is 55.0 cm³/mol. The molecule has 0 bridgehead atoms. The van der Waals surface area contributed by atoms with E-state index in [-0.39, 0.29) is 18.0 Å². The molecule has 2 rings (SSSR count). The summed E-state index contributed by atoms with van der Waals surface area (Å²) in [6.07, 6.45) is 3.78. The molecule has 6 nitrogen and oxygen atoms in total. The Balaban J connectivity index is 1.85. The Morgan fingerprint density at radius 2 is 2.31 bits per heavy atom. The first kappa shape index (κ1) is 10.7. The van der Waals surface area contributed by atoms with Crippen molar-refractivity contribution in [2.45, 2.75) is 31.8 Å². The van der Waals surface area contributed by atoms with Crippen LogP contribution in [0.4, 0.5) is 0 Å². The monoisotopic (exact) mass is 223 g/mol. The molecule has 6 heteroatoms. The summed E-state index contributed by atoms with van der Waals surface area (Å²) in [5, 5.41) is 15.5. The number of nitrogens with one attached hydrogen (secondary N) is 1. The number of aromatic carboxylic acids is 1. The molecule has 1 amide bonds. The Labute approximate surface area is 92.3 Å². The molecule has 0 saturated heterocycles. The van der Waals surface area contributed by atoms with Crippen LogP contribution >= 0.6 is 0 Å². The van der Waals surface area contributed by atoms with Crippen molar-refractivity contribution in [3.05, 3.63) is 18.0 Å². The quantitative estimate of drug-likeness (QED) is 0.749. The maximum absolute atomic E-state index is 11.4. The van der Waals surface area contributed by atoms with Crippen LogP contribution in [0.1, 0.15) is 29.8 Å². The summed E-state index contributed by atoms with van der Waals surface area (Å²) in [4.78, 5) is 22.1. The van der Waals surface area contributed by atoms with E-state index in [0.717, 1.165) is 12.8 Å². The molecule has 1 aliphatic rings. The second-order valence-corrected chi connectivity index (χ2v) is 3.84. The highest BCUT2D eigenvalue weighted by molar-refractivity contribution is 5.85. The minimum absolute atomic E-state index is 0.0469. The number of hydrogen-bond acceptors (Lipinski definition) is 3. The minimum Gasteiger partial charge on any atom is -0.477 e. The number of aryl methyl sites for hydroxylation is 1. The first-order valence-corrected chi connectivity index (χ1v) is 5.21. The van der Waals surface area contributed by atoms with E-state index in [0.29, 0.717) is 12.6 Å². The molecule has 1 heterocycles. The van der Waals surface area contributed by atoms with Crippen LogP contribution in [-0.2, 0) is 11.3 Å². The zero-order chi connectivity index (χ0) is 11.5. The summed E-state index contributed by atoms with van der Waals surface area (Å²) in [7, 11) is 0. The second-order valence-electron chi connectivity index (χ2n) is 3.84. The van der Waals surface area contributed by atoms with E-state index in [1.807, 2.05) is 0 Å². The van der Waals surface area contributed by atoms with Gasteiger partial charge in [-0.15, -0.1) is 0 Å². The van der Waals surface area contributed by atoms with Crippen molar-refractivity contribution in [2.75, 3.05) is 0 Å². The van der Waals surface area contributed by atoms with Crippen LogP contribution in [0.5, 0.6) is 0 Å². The second kappa shape index (κ2) is 4.34. The minimum atomic E-state index is -1.03. The summed E-state index contributed by atoms with van der Waals surface area (Å²) in [5.74, 6) is -1.07. The van der Waals surface area contributed by atoms with Crippen molar-refractivity contribution in [1.29, 1.82) is 0 Å². The van der Waals surface area contributed by atoms with E-state index in [1.54, 1.807) is 0 Å². The highest BCUT2D eigenvalue weighted by atomic mass is 16.4. The Kier molecular flexibility index (Phi) is 2.89. The summed E-state index contributed by atoms with van der Waals surface area (Å²) < 4.78 is 1.33. The molecule has 2 N–H and O–H groups in total. The summed E-state index contributed by atoms with van der Waals surface area (Å²) in [6, 6.07) is 1.75. The molecule has 0 radical (unpaired) electrons. The fraction of sp³-hybridized carbons (Fsp3) is 0.500. The van der Waals surface area contributed by atoms with Gasteiger partial charge in [-0.05, 0) is 18.9 Å². The van der Waals surface area contributed by atoms with Gasteiger partial charge in [-0.3, -0.25) is 9.48 Å². The largest absolute Gasteiger partial charge is 0.477 e. The standard InChI is InChI=1S/C10H13N3O3/c14-9(12-7-1-2-7)4-6-13-8(10(15)16)3-5-11-13/h3,5,7H,1-2,4,6H2,(H,12,14)(H,15,16). The highest BCUT2D eigenvalue weighted by Crippen LogP contribution is 2.18. The average Bonchev–Trinajstić information content (AvgIpc) is 2.91. The molecule has 16 heavy (non-hydrogen) atoms. The van der Waals surface area contributed by atoms with Crippen LogP contribution in [0.3, 0.4) is 0 Å². The van der Waals surface area contributed by atoms with E-state index in [9.17, 15) is 9.59 Å². The van der Waals surface area contributed by atoms with E-state index >= 15 is 0 Å². The molecule has 1 aromatic heterocycles. The van der Waals surface area contributed by atoms with Gasteiger partial charge in [-0.25, -0.2) is 4.79 Å². The van der Waals surface area contributed by atoms with Crippen LogP contribution in [0, 0.1) is 0 Å². The Morgan fingerprint density at radius 1 is 1.56 bits per heavy atom. The SMILES string of the molecule is O=C(CCn1nccc1C(=O)O)NC1CC1.